The molecule has 0 unspecified atom stereocenters. The van der Waals surface area contributed by atoms with Crippen LogP contribution in [0.25, 0.3) is 0 Å². The first-order valence-corrected chi connectivity index (χ1v) is 12.7. The maximum absolute atomic E-state index is 11.7. The van der Waals surface area contributed by atoms with Gasteiger partial charge in [0, 0.05) is 5.92 Å². The van der Waals surface area contributed by atoms with Crippen LogP contribution in [-0.4, -0.2) is 39.7 Å². The zero-order valence-corrected chi connectivity index (χ0v) is 19.5. The quantitative estimate of drug-likeness (QED) is 0.321. The molecule has 1 fully saturated rings. The van der Waals surface area contributed by atoms with Gasteiger partial charge in [0.2, 0.25) is 0 Å². The molecular weight excluding hydrogens is 435 g/mol. The van der Waals surface area contributed by atoms with Crippen molar-refractivity contribution in [3.05, 3.63) is 9.66 Å². The number of carbonyl (C=O) groups excluding carboxylic acids is 1. The molecule has 0 spiro atoms. The second-order valence-corrected chi connectivity index (χ2v) is 13.7. The van der Waals surface area contributed by atoms with E-state index >= 15 is 0 Å². The summed E-state index contributed by atoms with van der Waals surface area (Å²) in [6, 6.07) is 0. The van der Waals surface area contributed by atoms with E-state index in [4.69, 9.17) is 13.9 Å². The third-order valence-electron chi connectivity index (χ3n) is 5.39. The summed E-state index contributed by atoms with van der Waals surface area (Å²) in [5.41, 5.74) is 1.18. The fourth-order valence-electron chi connectivity index (χ4n) is 2.75. The molecule has 0 aromatic rings. The fourth-order valence-corrected chi connectivity index (χ4v) is 4.53. The summed E-state index contributed by atoms with van der Waals surface area (Å²) in [6.45, 7) is 15.6. The molecule has 0 aliphatic carbocycles. The SMILES string of the molecule is COC(=O)C[C@H]1C[C@H](O[Si](C)(C)C(C)(C)C)[C@H](C)[C@@H](/C(C)=C/I)O1. The van der Waals surface area contributed by atoms with Crippen molar-refractivity contribution in [1.82, 2.24) is 0 Å². The van der Waals surface area contributed by atoms with Crippen LogP contribution in [0.1, 0.15) is 47.5 Å². The highest BCUT2D eigenvalue weighted by Crippen LogP contribution is 2.41. The van der Waals surface area contributed by atoms with Gasteiger partial charge in [0.25, 0.3) is 0 Å². The monoisotopic (exact) mass is 468 g/mol. The molecule has 0 amide bonds. The van der Waals surface area contributed by atoms with Crippen LogP contribution >= 0.6 is 22.6 Å². The van der Waals surface area contributed by atoms with Gasteiger partial charge in [0.15, 0.2) is 8.32 Å². The van der Waals surface area contributed by atoms with Crippen LogP contribution in [0.2, 0.25) is 18.1 Å². The summed E-state index contributed by atoms with van der Waals surface area (Å²) in [7, 11) is -0.458. The summed E-state index contributed by atoms with van der Waals surface area (Å²) in [5.74, 6) is 0.0366. The molecule has 0 radical (unpaired) electrons. The molecule has 140 valence electrons. The normalized spacial score (nSPS) is 29.5. The summed E-state index contributed by atoms with van der Waals surface area (Å²) >= 11 is 2.25. The average molecular weight is 468 g/mol. The first-order valence-electron chi connectivity index (χ1n) is 8.60. The van der Waals surface area contributed by atoms with Crippen LogP contribution in [0, 0.1) is 5.92 Å². The maximum Gasteiger partial charge on any atom is 0.308 e. The summed E-state index contributed by atoms with van der Waals surface area (Å²) in [6.07, 6.45) is 0.963. The van der Waals surface area contributed by atoms with Crippen LogP contribution < -0.4 is 0 Å². The highest BCUT2D eigenvalue weighted by atomic mass is 127. The van der Waals surface area contributed by atoms with Gasteiger partial charge >= 0.3 is 5.97 Å². The number of ether oxygens (including phenoxy) is 2. The number of rotatable bonds is 5. The molecule has 0 bridgehead atoms. The Hall–Kier alpha value is 0.0769. The predicted molar refractivity (Wildman–Crippen MR) is 109 cm³/mol. The zero-order valence-electron chi connectivity index (χ0n) is 16.3. The van der Waals surface area contributed by atoms with E-state index in [2.05, 4.69) is 74.4 Å². The fraction of sp³-hybridized carbons (Fsp3) is 0.833. The Morgan fingerprint density at radius 2 is 1.96 bits per heavy atom. The smallest absolute Gasteiger partial charge is 0.308 e. The Balaban J connectivity index is 3.01. The lowest BCUT2D eigenvalue weighted by atomic mass is 9.86. The Morgan fingerprint density at radius 3 is 2.42 bits per heavy atom. The first kappa shape index (κ1) is 22.1. The topological polar surface area (TPSA) is 44.8 Å². The molecular formula is C18H33IO4Si. The number of hydrogen-bond donors (Lipinski definition) is 0. The van der Waals surface area contributed by atoms with E-state index in [0.29, 0.717) is 0 Å². The largest absolute Gasteiger partial charge is 0.469 e. The number of methoxy groups -OCH3 is 1. The van der Waals surface area contributed by atoms with E-state index in [1.807, 2.05) is 0 Å². The van der Waals surface area contributed by atoms with Gasteiger partial charge in [-0.15, -0.1) is 0 Å². The second kappa shape index (κ2) is 8.64. The van der Waals surface area contributed by atoms with Crippen molar-refractivity contribution in [2.75, 3.05) is 7.11 Å². The van der Waals surface area contributed by atoms with Crippen LogP contribution in [0.15, 0.2) is 9.66 Å². The van der Waals surface area contributed by atoms with Crippen molar-refractivity contribution in [3.63, 3.8) is 0 Å². The predicted octanol–water partition coefficient (Wildman–Crippen LogP) is 5.07. The Kier molecular flexibility index (Phi) is 7.96. The van der Waals surface area contributed by atoms with Gasteiger partial charge in [-0.2, -0.15) is 0 Å². The van der Waals surface area contributed by atoms with Crippen molar-refractivity contribution < 1.29 is 18.7 Å². The number of hydrogen-bond acceptors (Lipinski definition) is 4. The lowest BCUT2D eigenvalue weighted by molar-refractivity contribution is -0.152. The number of carbonyl (C=O) groups is 1. The molecule has 24 heavy (non-hydrogen) atoms. The van der Waals surface area contributed by atoms with Crippen LogP contribution in [0.5, 0.6) is 0 Å². The minimum atomic E-state index is -1.88. The minimum Gasteiger partial charge on any atom is -0.469 e. The van der Waals surface area contributed by atoms with E-state index in [-0.39, 0.29) is 41.7 Å². The standard InChI is InChI=1S/C18H33IO4Si/c1-12(11-19)17-13(2)15(23-24(7,8)18(3,4)5)9-14(22-17)10-16(20)21-6/h11,13-15,17H,9-10H2,1-8H3/b12-11+/t13-,14+,15-,17+/m0/s1. The summed E-state index contributed by atoms with van der Waals surface area (Å²) < 4.78 is 19.8. The van der Waals surface area contributed by atoms with Crippen molar-refractivity contribution in [1.29, 1.82) is 0 Å². The Bertz CT molecular complexity index is 470. The average Bonchev–Trinajstić information content (AvgIpc) is 2.47. The van der Waals surface area contributed by atoms with Crippen molar-refractivity contribution in [2.24, 2.45) is 5.92 Å². The molecule has 0 saturated carbocycles. The van der Waals surface area contributed by atoms with Gasteiger partial charge in [-0.1, -0.05) is 50.3 Å². The van der Waals surface area contributed by atoms with Crippen LogP contribution in [0.3, 0.4) is 0 Å². The molecule has 0 aromatic heterocycles. The lowest BCUT2D eigenvalue weighted by Crippen LogP contribution is -2.52. The molecule has 1 aliphatic rings. The van der Waals surface area contributed by atoms with Gasteiger partial charge in [-0.05, 0) is 41.1 Å². The summed E-state index contributed by atoms with van der Waals surface area (Å²) in [4.78, 5) is 11.7. The van der Waals surface area contributed by atoms with Crippen molar-refractivity contribution in [2.45, 2.75) is 83.9 Å². The number of halogens is 1. The van der Waals surface area contributed by atoms with E-state index < -0.39 is 8.32 Å². The molecule has 0 aromatic carbocycles. The maximum atomic E-state index is 11.7. The molecule has 1 heterocycles. The zero-order chi connectivity index (χ0) is 18.7. The van der Waals surface area contributed by atoms with Crippen molar-refractivity contribution >= 4 is 36.9 Å². The molecule has 1 rings (SSSR count). The summed E-state index contributed by atoms with van der Waals surface area (Å²) in [5, 5.41) is 0.159. The lowest BCUT2D eigenvalue weighted by Gasteiger charge is -2.46. The molecule has 1 saturated heterocycles. The van der Waals surface area contributed by atoms with Crippen LogP contribution in [0.4, 0.5) is 0 Å². The second-order valence-electron chi connectivity index (χ2n) is 8.32. The van der Waals surface area contributed by atoms with E-state index in [1.165, 1.54) is 12.7 Å². The number of esters is 1. The molecule has 4 atom stereocenters. The third kappa shape index (κ3) is 5.54. The highest BCUT2D eigenvalue weighted by Gasteiger charge is 2.44. The molecule has 0 N–H and O–H groups in total. The van der Waals surface area contributed by atoms with E-state index in [0.717, 1.165) is 6.42 Å². The van der Waals surface area contributed by atoms with E-state index in [1.54, 1.807) is 0 Å². The van der Waals surface area contributed by atoms with Gasteiger partial charge < -0.3 is 13.9 Å². The first-order chi connectivity index (χ1) is 10.9. The van der Waals surface area contributed by atoms with Gasteiger partial charge in [0.05, 0.1) is 31.8 Å². The van der Waals surface area contributed by atoms with Gasteiger partial charge in [-0.25, -0.2) is 0 Å². The molecule has 1 aliphatic heterocycles. The van der Waals surface area contributed by atoms with Gasteiger partial charge in [0.1, 0.15) is 0 Å². The van der Waals surface area contributed by atoms with E-state index in [9.17, 15) is 4.79 Å². The van der Waals surface area contributed by atoms with Crippen LogP contribution in [-0.2, 0) is 18.7 Å². The minimum absolute atomic E-state index is 0.0138. The molecule has 6 heteroatoms. The molecule has 4 nitrogen and oxygen atoms in total. The Morgan fingerprint density at radius 1 is 1.38 bits per heavy atom. The van der Waals surface area contributed by atoms with Gasteiger partial charge in [-0.3, -0.25) is 4.79 Å². The Labute approximate surface area is 162 Å². The van der Waals surface area contributed by atoms with Crippen molar-refractivity contribution in [3.8, 4) is 0 Å². The highest BCUT2D eigenvalue weighted by molar-refractivity contribution is 14.1. The third-order valence-corrected chi connectivity index (χ3v) is 10.9.